The van der Waals surface area contributed by atoms with E-state index in [0.29, 0.717) is 0 Å². The Balaban J connectivity index is 4.35. The lowest BCUT2D eigenvalue weighted by molar-refractivity contribution is -0.140. The number of aliphatic hydroxyl groups is 2. The number of carboxylic acids is 1. The van der Waals surface area contributed by atoms with Crippen molar-refractivity contribution in [3.05, 3.63) is 0 Å². The van der Waals surface area contributed by atoms with Crippen molar-refractivity contribution < 1.29 is 20.1 Å². The van der Waals surface area contributed by atoms with Crippen molar-refractivity contribution >= 4 is 17.7 Å². The highest BCUT2D eigenvalue weighted by Gasteiger charge is 2.34. The van der Waals surface area contributed by atoms with Crippen molar-refractivity contribution in [3.8, 4) is 0 Å². The fourth-order valence-electron chi connectivity index (χ4n) is 0.865. The molecular weight excluding hydrogens is 204 g/mol. The van der Waals surface area contributed by atoms with Crippen LogP contribution in [0.3, 0.4) is 0 Å². The monoisotopic (exact) mass is 222 g/mol. The van der Waals surface area contributed by atoms with Crippen LogP contribution in [0.25, 0.3) is 0 Å². The SMILES string of the molecule is CC(C)(O)CSC(C(=O)O)C(C)(C)O. The Bertz CT molecular complexity index is 202. The summed E-state index contributed by atoms with van der Waals surface area (Å²) in [7, 11) is 0. The average molecular weight is 222 g/mol. The standard InChI is InChI=1S/C9H18O4S/c1-8(2,12)5-14-6(7(10)11)9(3,4)13/h6,12-13H,5H2,1-4H3,(H,10,11). The predicted molar refractivity (Wildman–Crippen MR) is 56.5 cm³/mol. The Kier molecular flexibility index (Phi) is 4.42. The molecule has 0 fully saturated rings. The van der Waals surface area contributed by atoms with Crippen molar-refractivity contribution in [3.63, 3.8) is 0 Å². The van der Waals surface area contributed by atoms with Gasteiger partial charge in [-0.05, 0) is 27.7 Å². The second-order valence-corrected chi connectivity index (χ2v) is 5.59. The summed E-state index contributed by atoms with van der Waals surface area (Å²) in [6.45, 7) is 6.10. The van der Waals surface area contributed by atoms with Crippen LogP contribution in [0.4, 0.5) is 0 Å². The number of aliphatic carboxylic acids is 1. The minimum atomic E-state index is -1.29. The van der Waals surface area contributed by atoms with Gasteiger partial charge >= 0.3 is 5.97 Å². The number of hydrogen-bond donors (Lipinski definition) is 3. The van der Waals surface area contributed by atoms with E-state index in [1.165, 1.54) is 13.8 Å². The summed E-state index contributed by atoms with van der Waals surface area (Å²) in [4.78, 5) is 10.8. The van der Waals surface area contributed by atoms with E-state index in [9.17, 15) is 15.0 Å². The molecule has 0 aromatic heterocycles. The molecule has 0 amide bonds. The summed E-state index contributed by atoms with van der Waals surface area (Å²) < 4.78 is 0. The molecule has 4 nitrogen and oxygen atoms in total. The predicted octanol–water partition coefficient (Wildman–Crippen LogP) is 0.715. The molecule has 5 heteroatoms. The first-order chi connectivity index (χ1) is 6.04. The van der Waals surface area contributed by atoms with Crippen LogP contribution < -0.4 is 0 Å². The molecule has 0 bridgehead atoms. The van der Waals surface area contributed by atoms with Crippen LogP contribution in [0.5, 0.6) is 0 Å². The van der Waals surface area contributed by atoms with Crippen molar-refractivity contribution in [2.75, 3.05) is 5.75 Å². The normalized spacial score (nSPS) is 15.3. The summed E-state index contributed by atoms with van der Waals surface area (Å²) in [6, 6.07) is 0. The Morgan fingerprint density at radius 1 is 1.29 bits per heavy atom. The van der Waals surface area contributed by atoms with Gasteiger partial charge in [0.05, 0.1) is 11.2 Å². The third kappa shape index (κ3) is 5.47. The molecule has 0 aliphatic heterocycles. The van der Waals surface area contributed by atoms with Gasteiger partial charge in [-0.25, -0.2) is 0 Å². The van der Waals surface area contributed by atoms with Gasteiger partial charge in [0.25, 0.3) is 0 Å². The van der Waals surface area contributed by atoms with Crippen LogP contribution in [0.1, 0.15) is 27.7 Å². The lowest BCUT2D eigenvalue weighted by Crippen LogP contribution is -2.41. The van der Waals surface area contributed by atoms with Crippen molar-refractivity contribution in [2.24, 2.45) is 0 Å². The molecule has 0 radical (unpaired) electrons. The number of thioether (sulfide) groups is 1. The zero-order valence-electron chi connectivity index (χ0n) is 8.94. The van der Waals surface area contributed by atoms with Crippen LogP contribution in [0, 0.1) is 0 Å². The lowest BCUT2D eigenvalue weighted by Gasteiger charge is -2.27. The fraction of sp³-hybridized carbons (Fsp3) is 0.889. The highest BCUT2D eigenvalue weighted by atomic mass is 32.2. The molecule has 0 aliphatic rings. The van der Waals surface area contributed by atoms with Crippen LogP contribution in [-0.2, 0) is 4.79 Å². The quantitative estimate of drug-likeness (QED) is 0.638. The molecule has 3 N–H and O–H groups in total. The Morgan fingerprint density at radius 2 is 1.71 bits per heavy atom. The molecule has 0 aliphatic carbocycles. The van der Waals surface area contributed by atoms with Crippen molar-refractivity contribution in [1.29, 1.82) is 0 Å². The minimum Gasteiger partial charge on any atom is -0.480 e. The smallest absolute Gasteiger partial charge is 0.319 e. The van der Waals surface area contributed by atoms with E-state index in [1.54, 1.807) is 13.8 Å². The van der Waals surface area contributed by atoms with E-state index >= 15 is 0 Å². The number of hydrogen-bond acceptors (Lipinski definition) is 4. The van der Waals surface area contributed by atoms with E-state index in [4.69, 9.17) is 5.11 Å². The molecule has 0 heterocycles. The number of rotatable bonds is 5. The number of carboxylic acid groups (broad SMARTS) is 1. The van der Waals surface area contributed by atoms with Gasteiger partial charge in [-0.15, -0.1) is 11.8 Å². The van der Waals surface area contributed by atoms with E-state index < -0.39 is 22.4 Å². The zero-order chi connectivity index (χ0) is 11.6. The van der Waals surface area contributed by atoms with Gasteiger partial charge in [-0.2, -0.15) is 0 Å². The summed E-state index contributed by atoms with van der Waals surface area (Å²) in [6.07, 6.45) is 0. The largest absolute Gasteiger partial charge is 0.480 e. The van der Waals surface area contributed by atoms with E-state index in [1.807, 2.05) is 0 Å². The summed E-state index contributed by atoms with van der Waals surface area (Å²) in [5.74, 6) is -0.791. The maximum atomic E-state index is 10.8. The molecule has 1 atom stereocenters. The van der Waals surface area contributed by atoms with Gasteiger partial charge in [0.15, 0.2) is 0 Å². The van der Waals surface area contributed by atoms with Crippen molar-refractivity contribution in [2.45, 2.75) is 44.1 Å². The minimum absolute atomic E-state index is 0.272. The molecule has 0 aromatic rings. The van der Waals surface area contributed by atoms with Crippen molar-refractivity contribution in [1.82, 2.24) is 0 Å². The first-order valence-electron chi connectivity index (χ1n) is 4.33. The van der Waals surface area contributed by atoms with Crippen LogP contribution in [0.15, 0.2) is 0 Å². The third-order valence-electron chi connectivity index (χ3n) is 1.47. The van der Waals surface area contributed by atoms with Gasteiger partial charge in [-0.3, -0.25) is 4.79 Å². The van der Waals surface area contributed by atoms with Gasteiger partial charge in [0.1, 0.15) is 5.25 Å². The van der Waals surface area contributed by atoms with Crippen LogP contribution in [-0.4, -0.2) is 43.5 Å². The maximum Gasteiger partial charge on any atom is 0.319 e. The zero-order valence-corrected chi connectivity index (χ0v) is 9.76. The average Bonchev–Trinajstić information content (AvgIpc) is 1.79. The number of carbonyl (C=O) groups is 1. The molecule has 0 rings (SSSR count). The summed E-state index contributed by atoms with van der Waals surface area (Å²) in [5.41, 5.74) is -2.22. The maximum absolute atomic E-state index is 10.8. The molecule has 14 heavy (non-hydrogen) atoms. The second kappa shape index (κ2) is 4.51. The Hall–Kier alpha value is -0.260. The van der Waals surface area contributed by atoms with Gasteiger partial charge in [0.2, 0.25) is 0 Å². The molecule has 0 aromatic carbocycles. The summed E-state index contributed by atoms with van der Waals surface area (Å²) in [5, 5.41) is 26.9. The van der Waals surface area contributed by atoms with Gasteiger partial charge < -0.3 is 15.3 Å². The first-order valence-corrected chi connectivity index (χ1v) is 5.38. The van der Waals surface area contributed by atoms with Gasteiger partial charge in [0, 0.05) is 5.75 Å². The van der Waals surface area contributed by atoms with Crippen LogP contribution in [0.2, 0.25) is 0 Å². The topological polar surface area (TPSA) is 77.8 Å². The Morgan fingerprint density at radius 3 is 1.93 bits per heavy atom. The van der Waals surface area contributed by atoms with E-state index in [-0.39, 0.29) is 5.75 Å². The molecule has 0 saturated heterocycles. The highest BCUT2D eigenvalue weighted by Crippen LogP contribution is 2.26. The van der Waals surface area contributed by atoms with E-state index in [2.05, 4.69) is 0 Å². The lowest BCUT2D eigenvalue weighted by atomic mass is 10.1. The third-order valence-corrected chi connectivity index (χ3v) is 3.45. The summed E-state index contributed by atoms with van der Waals surface area (Å²) >= 11 is 1.04. The molecular formula is C9H18O4S. The van der Waals surface area contributed by atoms with E-state index in [0.717, 1.165) is 11.8 Å². The molecule has 84 valence electrons. The fourth-order valence-corrected chi connectivity index (χ4v) is 1.99. The Labute approximate surface area is 88.3 Å². The molecule has 1 unspecified atom stereocenters. The highest BCUT2D eigenvalue weighted by molar-refractivity contribution is 8.00. The van der Waals surface area contributed by atoms with Gasteiger partial charge in [-0.1, -0.05) is 0 Å². The second-order valence-electron chi connectivity index (χ2n) is 4.50. The molecule has 0 saturated carbocycles. The first kappa shape index (κ1) is 13.7. The molecule has 0 spiro atoms. The van der Waals surface area contributed by atoms with Crippen LogP contribution >= 0.6 is 11.8 Å².